The van der Waals surface area contributed by atoms with Gasteiger partial charge in [-0.25, -0.2) is 14.4 Å². The zero-order valence-corrected chi connectivity index (χ0v) is 46.7. The average Bonchev–Trinajstić information content (AvgIpc) is 1.97. The molecule has 25 nitrogen and oxygen atoms in total. The van der Waals surface area contributed by atoms with Crippen molar-refractivity contribution in [2.45, 2.75) is 192 Å². The SMILES string of the molecule is COC(=O)C(CO)NC(=O)C1OC(OC2C(OC3CCC4(C)C(CCC5(C)C4C(=O)C=C4C6CC(C)(C(=O)NC(CO)C(=O)OC)CCC6(C)CCC45C)C3(C)C)OC(C(=O)NC(CO)C(=O)OC)C(O)C2O)C(O)C(O)C1O. The van der Waals surface area contributed by atoms with Crippen molar-refractivity contribution in [1.82, 2.24) is 16.0 Å². The summed E-state index contributed by atoms with van der Waals surface area (Å²) in [5.74, 6) is -6.54. The minimum absolute atomic E-state index is 0.0185. The fraction of sp³-hybridized carbons (Fsp3) is 0.833. The van der Waals surface area contributed by atoms with Gasteiger partial charge >= 0.3 is 17.9 Å². The number of amides is 3. The Morgan fingerprint density at radius 3 is 1.66 bits per heavy atom. The van der Waals surface area contributed by atoms with Crippen molar-refractivity contribution in [3.05, 3.63) is 11.6 Å². The van der Waals surface area contributed by atoms with E-state index in [0.29, 0.717) is 38.5 Å². The Bertz CT molecular complexity index is 2370. The summed E-state index contributed by atoms with van der Waals surface area (Å²) in [5.41, 5.74) is -2.61. The summed E-state index contributed by atoms with van der Waals surface area (Å²) in [7, 11) is 3.20. The number of hydrogen-bond acceptors (Lipinski definition) is 22. The van der Waals surface area contributed by atoms with Crippen molar-refractivity contribution < 1.29 is 108 Å². The largest absolute Gasteiger partial charge is 0.467 e. The number of ether oxygens (including phenoxy) is 7. The van der Waals surface area contributed by atoms with Gasteiger partial charge in [0.1, 0.15) is 36.6 Å². The van der Waals surface area contributed by atoms with Gasteiger partial charge in [0.25, 0.3) is 11.8 Å². The molecule has 0 bridgehead atoms. The van der Waals surface area contributed by atoms with E-state index in [1.54, 1.807) is 0 Å². The summed E-state index contributed by atoms with van der Waals surface area (Å²) in [6.07, 6.45) is -14.5. The highest BCUT2D eigenvalue weighted by Crippen LogP contribution is 2.75. The van der Waals surface area contributed by atoms with Gasteiger partial charge in [0, 0.05) is 11.3 Å². The van der Waals surface area contributed by atoms with E-state index in [-0.39, 0.29) is 35.4 Å². The lowest BCUT2D eigenvalue weighted by Crippen LogP contribution is -2.69. The molecule has 0 aromatic carbocycles. The Morgan fingerprint density at radius 1 is 0.620 bits per heavy atom. The van der Waals surface area contributed by atoms with Crippen LogP contribution in [-0.2, 0) is 66.7 Å². The van der Waals surface area contributed by atoms with Crippen LogP contribution in [0.25, 0.3) is 0 Å². The van der Waals surface area contributed by atoms with Gasteiger partial charge in [-0.1, -0.05) is 54.0 Å². The van der Waals surface area contributed by atoms with E-state index in [1.165, 1.54) is 7.11 Å². The third kappa shape index (κ3) is 10.8. The van der Waals surface area contributed by atoms with Gasteiger partial charge in [0.2, 0.25) is 5.91 Å². The molecular formula is C54H83N3O22. The molecule has 22 atom stereocenters. The number of hydrogen-bond donors (Lipinski definition) is 11. The highest BCUT2D eigenvalue weighted by Gasteiger charge is 2.71. The predicted molar refractivity (Wildman–Crippen MR) is 270 cm³/mol. The van der Waals surface area contributed by atoms with E-state index in [2.05, 4.69) is 53.1 Å². The van der Waals surface area contributed by atoms with Gasteiger partial charge in [0.15, 0.2) is 48.7 Å². The number of aliphatic hydroxyl groups excluding tert-OH is 8. The van der Waals surface area contributed by atoms with Crippen LogP contribution < -0.4 is 16.0 Å². The number of allylic oxidation sites excluding steroid dienone is 2. The number of carbonyl (C=O) groups excluding carboxylic acids is 7. The van der Waals surface area contributed by atoms with Gasteiger partial charge in [0.05, 0.1) is 47.3 Å². The Kier molecular flexibility index (Phi) is 18.3. The van der Waals surface area contributed by atoms with E-state index in [0.717, 1.165) is 32.6 Å². The van der Waals surface area contributed by atoms with Crippen molar-refractivity contribution in [2.24, 2.45) is 50.2 Å². The Labute approximate surface area is 458 Å². The van der Waals surface area contributed by atoms with Crippen LogP contribution >= 0.6 is 0 Å². The van der Waals surface area contributed by atoms with E-state index >= 15 is 4.79 Å². The number of ketones is 1. The number of rotatable bonds is 16. The molecule has 0 aromatic rings. The van der Waals surface area contributed by atoms with Crippen LogP contribution in [0.1, 0.15) is 106 Å². The van der Waals surface area contributed by atoms with Crippen LogP contribution in [0.2, 0.25) is 0 Å². The molecule has 22 unspecified atom stereocenters. The maximum atomic E-state index is 15.3. The number of fused-ring (bicyclic) bond motifs is 7. The van der Waals surface area contributed by atoms with E-state index in [4.69, 9.17) is 23.7 Å². The average molecular weight is 1130 g/mol. The quantitative estimate of drug-likeness (QED) is 0.0450. The topological polar surface area (TPSA) is 382 Å². The number of carbonyl (C=O) groups is 7. The third-order valence-corrected chi connectivity index (χ3v) is 20.2. The van der Waals surface area contributed by atoms with Crippen molar-refractivity contribution in [3.8, 4) is 0 Å². The first-order valence-corrected chi connectivity index (χ1v) is 27.2. The summed E-state index contributed by atoms with van der Waals surface area (Å²) < 4.78 is 38.7. The van der Waals surface area contributed by atoms with Crippen molar-refractivity contribution in [1.29, 1.82) is 0 Å². The molecule has 5 aliphatic carbocycles. The van der Waals surface area contributed by atoms with Crippen molar-refractivity contribution in [3.63, 3.8) is 0 Å². The fourth-order valence-electron chi connectivity index (χ4n) is 15.2. The Hall–Kier alpha value is -4.25. The lowest BCUT2D eigenvalue weighted by Gasteiger charge is -2.70. The highest BCUT2D eigenvalue weighted by atomic mass is 16.8. The van der Waals surface area contributed by atoms with Gasteiger partial charge in [-0.15, -0.1) is 0 Å². The first-order valence-electron chi connectivity index (χ1n) is 27.2. The van der Waals surface area contributed by atoms with Crippen LogP contribution in [0.5, 0.6) is 0 Å². The van der Waals surface area contributed by atoms with Gasteiger partial charge in [-0.05, 0) is 103 Å². The molecule has 0 radical (unpaired) electrons. The lowest BCUT2D eigenvalue weighted by atomic mass is 9.33. The zero-order valence-electron chi connectivity index (χ0n) is 46.7. The summed E-state index contributed by atoms with van der Waals surface area (Å²) in [6.45, 7) is 12.2. The molecule has 2 heterocycles. The maximum absolute atomic E-state index is 15.3. The standard InChI is InChI=1S/C54H83N3O22/c1-49(2)30-11-14-54(7)40(29(61)19-24-25-20-51(4,48(72)57-28(23-60)45(71)75-10)16-15-50(25,3)17-18-53(24,54)6)52(30,5)13-12-31(49)76-47-39(35(65)34(64)38(78-47)42(68)56-27(22-59)44(70)74-9)79-46-36(66)32(62)33(63)37(77-46)41(67)55-26(21-58)43(69)73-8/h19,25-28,30-40,46-47,58-60,62-66H,11-18,20-23H2,1-10H3,(H,55,67)(H,56,68)(H,57,72). The Morgan fingerprint density at radius 2 is 1.13 bits per heavy atom. The number of nitrogens with one attached hydrogen (secondary N) is 3. The molecular weight excluding hydrogens is 1040 g/mol. The smallest absolute Gasteiger partial charge is 0.330 e. The molecule has 446 valence electrons. The van der Waals surface area contributed by atoms with Crippen LogP contribution in [0, 0.1) is 50.2 Å². The van der Waals surface area contributed by atoms with Crippen LogP contribution in [0.3, 0.4) is 0 Å². The number of esters is 3. The predicted octanol–water partition coefficient (Wildman–Crippen LogP) is -2.06. The molecule has 6 fully saturated rings. The summed E-state index contributed by atoms with van der Waals surface area (Å²) in [5, 5.41) is 93.1. The fourth-order valence-corrected chi connectivity index (χ4v) is 15.2. The minimum atomic E-state index is -2.18. The maximum Gasteiger partial charge on any atom is 0.330 e. The van der Waals surface area contributed by atoms with Gasteiger partial charge in [-0.2, -0.15) is 0 Å². The molecule has 2 saturated heterocycles. The van der Waals surface area contributed by atoms with Gasteiger partial charge < -0.3 is 90.0 Å². The third-order valence-electron chi connectivity index (χ3n) is 20.2. The lowest BCUT2D eigenvalue weighted by molar-refractivity contribution is -0.369. The van der Waals surface area contributed by atoms with E-state index in [9.17, 15) is 69.6 Å². The Balaban J connectivity index is 1.18. The summed E-state index contributed by atoms with van der Waals surface area (Å²) >= 11 is 0. The molecule has 7 rings (SSSR count). The van der Waals surface area contributed by atoms with Crippen LogP contribution in [0.4, 0.5) is 0 Å². The second-order valence-corrected chi connectivity index (χ2v) is 24.9. The molecule has 79 heavy (non-hydrogen) atoms. The first-order chi connectivity index (χ1) is 36.9. The molecule has 2 aliphatic heterocycles. The molecule has 11 N–H and O–H groups in total. The summed E-state index contributed by atoms with van der Waals surface area (Å²) in [4.78, 5) is 93.5. The number of aliphatic hydroxyl groups is 8. The highest BCUT2D eigenvalue weighted by molar-refractivity contribution is 5.96. The van der Waals surface area contributed by atoms with Crippen molar-refractivity contribution in [2.75, 3.05) is 41.2 Å². The molecule has 4 saturated carbocycles. The van der Waals surface area contributed by atoms with E-state index in [1.807, 2.05) is 26.8 Å². The van der Waals surface area contributed by atoms with Crippen LogP contribution in [0.15, 0.2) is 11.6 Å². The molecule has 3 amide bonds. The van der Waals surface area contributed by atoms with Crippen LogP contribution in [-0.4, -0.2) is 209 Å². The second kappa shape index (κ2) is 23.2. The molecule has 7 aliphatic rings. The molecule has 0 spiro atoms. The van der Waals surface area contributed by atoms with E-state index < -0.39 is 168 Å². The summed E-state index contributed by atoms with van der Waals surface area (Å²) in [6, 6.07) is -4.49. The normalized spacial score (nSPS) is 42.6. The monoisotopic (exact) mass is 1130 g/mol. The number of methoxy groups -OCH3 is 3. The molecule has 0 aromatic heterocycles. The molecule has 25 heteroatoms. The first kappa shape index (κ1) is 62.4. The zero-order chi connectivity index (χ0) is 58.7. The second-order valence-electron chi connectivity index (χ2n) is 24.9. The van der Waals surface area contributed by atoms with Gasteiger partial charge in [-0.3, -0.25) is 19.2 Å². The minimum Gasteiger partial charge on any atom is -0.467 e. The van der Waals surface area contributed by atoms with Crippen molar-refractivity contribution >= 4 is 41.4 Å².